The molecule has 1 atom stereocenters. The van der Waals surface area contributed by atoms with Gasteiger partial charge < -0.3 is 11.1 Å². The van der Waals surface area contributed by atoms with E-state index in [0.29, 0.717) is 18.5 Å². The van der Waals surface area contributed by atoms with Crippen molar-refractivity contribution in [2.24, 2.45) is 41.2 Å². The first-order valence-corrected chi connectivity index (χ1v) is 8.25. The van der Waals surface area contributed by atoms with Crippen LogP contribution in [0.5, 0.6) is 0 Å². The molecule has 0 spiro atoms. The predicted octanol–water partition coefficient (Wildman–Crippen LogP) is 1.91. The van der Waals surface area contributed by atoms with Crippen LogP contribution in [0.1, 0.15) is 44.9 Å². The molecular weight excluding hydrogens is 236 g/mol. The topological polar surface area (TPSA) is 55.1 Å². The number of carbonyl (C=O) groups is 1. The van der Waals surface area contributed by atoms with Crippen LogP contribution >= 0.6 is 0 Å². The molecule has 19 heavy (non-hydrogen) atoms. The lowest BCUT2D eigenvalue weighted by molar-refractivity contribution is -0.134. The van der Waals surface area contributed by atoms with Crippen molar-refractivity contribution >= 4 is 5.91 Å². The van der Waals surface area contributed by atoms with Gasteiger partial charge in [-0.15, -0.1) is 0 Å². The van der Waals surface area contributed by atoms with Gasteiger partial charge in [0.15, 0.2) is 0 Å². The molecule has 5 aliphatic rings. The molecule has 5 fully saturated rings. The summed E-state index contributed by atoms with van der Waals surface area (Å²) in [5.74, 6) is 4.51. The van der Waals surface area contributed by atoms with E-state index in [1.807, 2.05) is 0 Å². The van der Waals surface area contributed by atoms with Crippen molar-refractivity contribution < 1.29 is 4.79 Å². The molecule has 0 aromatic carbocycles. The highest BCUT2D eigenvalue weighted by atomic mass is 16.2. The fourth-order valence-electron chi connectivity index (χ4n) is 5.60. The van der Waals surface area contributed by atoms with E-state index in [0.717, 1.165) is 23.7 Å². The zero-order chi connectivity index (χ0) is 13.0. The maximum absolute atomic E-state index is 12.5. The standard InChI is InChI=1S/C16H26N2O/c17-8-14(16(19)18-13-1-2-13)15-11-4-9-3-10(6-11)7-12(15)5-9/h9-15H,1-8,17H2,(H,18,19). The molecule has 4 bridgehead atoms. The Morgan fingerprint density at radius 1 is 1.05 bits per heavy atom. The molecule has 3 heteroatoms. The molecule has 1 amide bonds. The maximum Gasteiger partial charge on any atom is 0.224 e. The Morgan fingerprint density at radius 2 is 1.63 bits per heavy atom. The second-order valence-corrected chi connectivity index (χ2v) is 7.63. The highest BCUT2D eigenvalue weighted by Crippen LogP contribution is 2.58. The molecule has 5 aliphatic carbocycles. The molecule has 1 unspecified atom stereocenters. The van der Waals surface area contributed by atoms with Crippen LogP contribution in [0.4, 0.5) is 0 Å². The number of hydrogen-bond acceptors (Lipinski definition) is 2. The molecule has 3 N–H and O–H groups in total. The van der Waals surface area contributed by atoms with E-state index in [2.05, 4.69) is 5.32 Å². The quantitative estimate of drug-likeness (QED) is 0.813. The van der Waals surface area contributed by atoms with Gasteiger partial charge in [0, 0.05) is 12.6 Å². The molecular formula is C16H26N2O. The normalized spacial score (nSPS) is 45.2. The summed E-state index contributed by atoms with van der Waals surface area (Å²) in [4.78, 5) is 12.5. The van der Waals surface area contributed by atoms with Crippen molar-refractivity contribution in [1.29, 1.82) is 0 Å². The monoisotopic (exact) mass is 262 g/mol. The van der Waals surface area contributed by atoms with Gasteiger partial charge in [0.25, 0.3) is 0 Å². The lowest BCUT2D eigenvalue weighted by atomic mass is 9.49. The van der Waals surface area contributed by atoms with Crippen molar-refractivity contribution in [3.63, 3.8) is 0 Å². The fourth-order valence-corrected chi connectivity index (χ4v) is 5.60. The predicted molar refractivity (Wildman–Crippen MR) is 74.2 cm³/mol. The Bertz CT molecular complexity index is 349. The molecule has 0 aromatic heterocycles. The zero-order valence-electron chi connectivity index (χ0n) is 11.7. The van der Waals surface area contributed by atoms with Gasteiger partial charge in [-0.2, -0.15) is 0 Å². The lowest BCUT2D eigenvalue weighted by Crippen LogP contribution is -2.52. The van der Waals surface area contributed by atoms with Gasteiger partial charge in [0.05, 0.1) is 5.92 Å². The second-order valence-electron chi connectivity index (χ2n) is 7.63. The van der Waals surface area contributed by atoms with Gasteiger partial charge in [-0.05, 0) is 74.5 Å². The fraction of sp³-hybridized carbons (Fsp3) is 0.938. The van der Waals surface area contributed by atoms with Gasteiger partial charge >= 0.3 is 0 Å². The van der Waals surface area contributed by atoms with Gasteiger partial charge in [-0.3, -0.25) is 4.79 Å². The van der Waals surface area contributed by atoms with Crippen molar-refractivity contribution in [3.8, 4) is 0 Å². The van der Waals surface area contributed by atoms with E-state index in [9.17, 15) is 4.79 Å². The zero-order valence-corrected chi connectivity index (χ0v) is 11.7. The van der Waals surface area contributed by atoms with E-state index >= 15 is 0 Å². The van der Waals surface area contributed by atoms with Crippen molar-refractivity contribution in [2.75, 3.05) is 6.54 Å². The Morgan fingerprint density at radius 3 is 2.11 bits per heavy atom. The van der Waals surface area contributed by atoms with Crippen molar-refractivity contribution in [1.82, 2.24) is 5.32 Å². The third-order valence-electron chi connectivity index (χ3n) is 6.28. The molecule has 0 aromatic rings. The SMILES string of the molecule is NCC(C(=O)NC1CC1)C1C2CC3CC(C2)CC1C3. The van der Waals surface area contributed by atoms with Gasteiger partial charge in [0.2, 0.25) is 5.91 Å². The molecule has 5 rings (SSSR count). The summed E-state index contributed by atoms with van der Waals surface area (Å²) < 4.78 is 0. The average Bonchev–Trinajstić information content (AvgIpc) is 3.16. The third kappa shape index (κ3) is 2.10. The molecule has 0 heterocycles. The molecule has 106 valence electrons. The largest absolute Gasteiger partial charge is 0.353 e. The molecule has 0 saturated heterocycles. The first kappa shape index (κ1) is 12.2. The van der Waals surface area contributed by atoms with E-state index < -0.39 is 0 Å². The number of amides is 1. The van der Waals surface area contributed by atoms with Crippen LogP contribution in [0, 0.1) is 35.5 Å². The van der Waals surface area contributed by atoms with E-state index in [1.54, 1.807) is 0 Å². The first-order valence-electron chi connectivity index (χ1n) is 8.25. The summed E-state index contributed by atoms with van der Waals surface area (Å²) in [6.07, 6.45) is 9.34. The number of nitrogens with one attached hydrogen (secondary N) is 1. The molecule has 0 radical (unpaired) electrons. The lowest BCUT2D eigenvalue weighted by Gasteiger charge is -2.56. The summed E-state index contributed by atoms with van der Waals surface area (Å²) >= 11 is 0. The van der Waals surface area contributed by atoms with Crippen LogP contribution in [0.25, 0.3) is 0 Å². The molecule has 5 saturated carbocycles. The summed E-state index contributed by atoms with van der Waals surface area (Å²) in [6, 6.07) is 0.471. The van der Waals surface area contributed by atoms with Gasteiger partial charge in [-0.1, -0.05) is 0 Å². The Hall–Kier alpha value is -0.570. The van der Waals surface area contributed by atoms with Crippen LogP contribution in [0.15, 0.2) is 0 Å². The Balaban J connectivity index is 1.51. The number of hydrogen-bond donors (Lipinski definition) is 2. The minimum Gasteiger partial charge on any atom is -0.353 e. The summed E-state index contributed by atoms with van der Waals surface area (Å²) in [5.41, 5.74) is 5.99. The van der Waals surface area contributed by atoms with Gasteiger partial charge in [0.1, 0.15) is 0 Å². The van der Waals surface area contributed by atoms with Crippen LogP contribution < -0.4 is 11.1 Å². The Labute approximate surface area is 115 Å². The summed E-state index contributed by atoms with van der Waals surface area (Å²) in [6.45, 7) is 0.547. The number of carbonyl (C=O) groups excluding carboxylic acids is 1. The van der Waals surface area contributed by atoms with Gasteiger partial charge in [-0.25, -0.2) is 0 Å². The average molecular weight is 262 g/mol. The Kier molecular flexibility index (Phi) is 2.87. The number of nitrogens with two attached hydrogens (primary N) is 1. The van der Waals surface area contributed by atoms with Crippen LogP contribution in [-0.2, 0) is 4.79 Å². The van der Waals surface area contributed by atoms with Crippen molar-refractivity contribution in [2.45, 2.75) is 51.0 Å². The highest BCUT2D eigenvalue weighted by molar-refractivity contribution is 5.80. The van der Waals surface area contributed by atoms with E-state index in [-0.39, 0.29) is 11.8 Å². The second kappa shape index (κ2) is 4.47. The minimum absolute atomic E-state index is 0.0931. The smallest absolute Gasteiger partial charge is 0.224 e. The third-order valence-corrected chi connectivity index (χ3v) is 6.28. The highest BCUT2D eigenvalue weighted by Gasteiger charge is 2.51. The first-order chi connectivity index (χ1) is 9.24. The molecule has 3 nitrogen and oxygen atoms in total. The van der Waals surface area contributed by atoms with Crippen LogP contribution in [-0.4, -0.2) is 18.5 Å². The molecule has 0 aliphatic heterocycles. The van der Waals surface area contributed by atoms with E-state index in [4.69, 9.17) is 5.73 Å². The van der Waals surface area contributed by atoms with E-state index in [1.165, 1.54) is 44.9 Å². The maximum atomic E-state index is 12.5. The summed E-state index contributed by atoms with van der Waals surface area (Å²) in [5, 5.41) is 3.19. The van der Waals surface area contributed by atoms with Crippen LogP contribution in [0.2, 0.25) is 0 Å². The van der Waals surface area contributed by atoms with Crippen LogP contribution in [0.3, 0.4) is 0 Å². The minimum atomic E-state index is 0.0931. The number of rotatable bonds is 4. The summed E-state index contributed by atoms with van der Waals surface area (Å²) in [7, 11) is 0. The van der Waals surface area contributed by atoms with Crippen molar-refractivity contribution in [3.05, 3.63) is 0 Å².